The van der Waals surface area contributed by atoms with Gasteiger partial charge in [-0.3, -0.25) is 4.79 Å². The fourth-order valence-corrected chi connectivity index (χ4v) is 2.19. The van der Waals surface area contributed by atoms with E-state index in [1.165, 1.54) is 6.07 Å². The molecule has 0 aliphatic rings. The van der Waals surface area contributed by atoms with Crippen LogP contribution in [0.2, 0.25) is 0 Å². The Morgan fingerprint density at radius 3 is 2.58 bits per heavy atom. The summed E-state index contributed by atoms with van der Waals surface area (Å²) in [5.74, 6) is -1.53. The molecule has 0 saturated heterocycles. The SMILES string of the molecule is Cc1ccc(Br)cc1C(=O)Cc1ccc(F)cc1F. The summed E-state index contributed by atoms with van der Waals surface area (Å²) < 4.78 is 27.1. The molecular formula is C15H11BrF2O. The van der Waals surface area contributed by atoms with Crippen LogP contribution < -0.4 is 0 Å². The second kappa shape index (κ2) is 5.61. The molecule has 0 saturated carbocycles. The van der Waals surface area contributed by atoms with E-state index in [-0.39, 0.29) is 17.8 Å². The molecule has 4 heteroatoms. The Kier molecular flexibility index (Phi) is 4.10. The van der Waals surface area contributed by atoms with Gasteiger partial charge >= 0.3 is 0 Å². The summed E-state index contributed by atoms with van der Waals surface area (Å²) in [5.41, 5.74) is 1.57. The highest BCUT2D eigenvalue weighted by Gasteiger charge is 2.13. The van der Waals surface area contributed by atoms with Gasteiger partial charge in [-0.2, -0.15) is 0 Å². The number of benzene rings is 2. The van der Waals surface area contributed by atoms with Crippen molar-refractivity contribution in [1.29, 1.82) is 0 Å². The van der Waals surface area contributed by atoms with Crippen LogP contribution in [0.4, 0.5) is 8.78 Å². The Morgan fingerprint density at radius 1 is 1.16 bits per heavy atom. The molecule has 2 rings (SSSR count). The van der Waals surface area contributed by atoms with E-state index in [4.69, 9.17) is 0 Å². The molecule has 0 aliphatic heterocycles. The van der Waals surface area contributed by atoms with Crippen molar-refractivity contribution in [2.45, 2.75) is 13.3 Å². The van der Waals surface area contributed by atoms with Crippen molar-refractivity contribution in [2.24, 2.45) is 0 Å². The quantitative estimate of drug-likeness (QED) is 0.762. The molecule has 1 nitrogen and oxygen atoms in total. The van der Waals surface area contributed by atoms with Crippen molar-refractivity contribution in [3.63, 3.8) is 0 Å². The number of Topliss-reactive ketones (excluding diaryl/α,β-unsaturated/α-hetero) is 1. The molecule has 2 aromatic rings. The van der Waals surface area contributed by atoms with Crippen molar-refractivity contribution in [2.75, 3.05) is 0 Å². The van der Waals surface area contributed by atoms with Crippen LogP contribution in [0, 0.1) is 18.6 Å². The summed E-state index contributed by atoms with van der Waals surface area (Å²) in [6.45, 7) is 1.82. The number of hydrogen-bond donors (Lipinski definition) is 0. The summed E-state index contributed by atoms with van der Waals surface area (Å²) in [5, 5.41) is 0. The lowest BCUT2D eigenvalue weighted by Gasteiger charge is -2.07. The number of rotatable bonds is 3. The first kappa shape index (κ1) is 13.9. The summed E-state index contributed by atoms with van der Waals surface area (Å²) in [7, 11) is 0. The number of halogens is 3. The predicted octanol–water partition coefficient (Wildman–Crippen LogP) is 4.46. The van der Waals surface area contributed by atoms with Crippen LogP contribution in [0.3, 0.4) is 0 Å². The molecule has 0 unspecified atom stereocenters. The molecule has 0 atom stereocenters. The van der Waals surface area contributed by atoms with Crippen molar-refractivity contribution < 1.29 is 13.6 Å². The van der Waals surface area contributed by atoms with E-state index in [1.54, 1.807) is 6.07 Å². The fourth-order valence-electron chi connectivity index (χ4n) is 1.83. The number of carbonyl (C=O) groups excluding carboxylic acids is 1. The third kappa shape index (κ3) is 3.26. The minimum Gasteiger partial charge on any atom is -0.294 e. The van der Waals surface area contributed by atoms with Gasteiger partial charge in [0.05, 0.1) is 0 Å². The molecular weight excluding hydrogens is 314 g/mol. The Hall–Kier alpha value is -1.55. The van der Waals surface area contributed by atoms with Crippen molar-refractivity contribution in [1.82, 2.24) is 0 Å². The summed E-state index contributed by atoms with van der Waals surface area (Å²) in [6, 6.07) is 8.60. The summed E-state index contributed by atoms with van der Waals surface area (Å²) in [6.07, 6.45) is -0.0800. The van der Waals surface area contributed by atoms with Gasteiger partial charge < -0.3 is 0 Å². The standard InChI is InChI=1S/C15H11BrF2O/c1-9-2-4-11(16)7-13(9)15(19)6-10-3-5-12(17)8-14(10)18/h2-5,7-8H,6H2,1H3. The second-order valence-electron chi connectivity index (χ2n) is 4.29. The van der Waals surface area contributed by atoms with E-state index in [0.29, 0.717) is 5.56 Å². The Bertz CT molecular complexity index is 638. The van der Waals surface area contributed by atoms with E-state index in [2.05, 4.69) is 15.9 Å². The van der Waals surface area contributed by atoms with Gasteiger partial charge in [0.2, 0.25) is 0 Å². The molecule has 0 heterocycles. The molecule has 0 radical (unpaired) electrons. The number of hydrogen-bond acceptors (Lipinski definition) is 1. The van der Waals surface area contributed by atoms with E-state index < -0.39 is 11.6 Å². The highest BCUT2D eigenvalue weighted by Crippen LogP contribution is 2.19. The molecule has 0 amide bonds. The third-order valence-electron chi connectivity index (χ3n) is 2.87. The summed E-state index contributed by atoms with van der Waals surface area (Å²) >= 11 is 3.30. The van der Waals surface area contributed by atoms with E-state index >= 15 is 0 Å². The van der Waals surface area contributed by atoms with Crippen molar-refractivity contribution >= 4 is 21.7 Å². The molecule has 0 aliphatic carbocycles. The van der Waals surface area contributed by atoms with Crippen LogP contribution in [0.1, 0.15) is 21.5 Å². The minimum atomic E-state index is -0.694. The first-order valence-electron chi connectivity index (χ1n) is 5.70. The fraction of sp³-hybridized carbons (Fsp3) is 0.133. The van der Waals surface area contributed by atoms with Crippen LogP contribution >= 0.6 is 15.9 Å². The lowest BCUT2D eigenvalue weighted by molar-refractivity contribution is 0.0991. The average Bonchev–Trinajstić information content (AvgIpc) is 2.35. The Labute approximate surface area is 118 Å². The highest BCUT2D eigenvalue weighted by molar-refractivity contribution is 9.10. The van der Waals surface area contributed by atoms with Crippen molar-refractivity contribution in [3.8, 4) is 0 Å². The smallest absolute Gasteiger partial charge is 0.167 e. The molecule has 2 aromatic carbocycles. The Morgan fingerprint density at radius 2 is 1.89 bits per heavy atom. The van der Waals surface area contributed by atoms with Gasteiger partial charge in [-0.1, -0.05) is 28.1 Å². The maximum absolute atomic E-state index is 13.5. The average molecular weight is 325 g/mol. The molecule has 0 spiro atoms. The zero-order valence-corrected chi connectivity index (χ0v) is 11.8. The second-order valence-corrected chi connectivity index (χ2v) is 5.21. The monoisotopic (exact) mass is 324 g/mol. The van der Waals surface area contributed by atoms with Gasteiger partial charge in [0, 0.05) is 22.5 Å². The maximum Gasteiger partial charge on any atom is 0.167 e. The van der Waals surface area contributed by atoms with Crippen LogP contribution in [-0.4, -0.2) is 5.78 Å². The normalized spacial score (nSPS) is 10.5. The van der Waals surface area contributed by atoms with Crippen LogP contribution in [-0.2, 0) is 6.42 Å². The third-order valence-corrected chi connectivity index (χ3v) is 3.36. The van der Waals surface area contributed by atoms with Gasteiger partial charge in [0.25, 0.3) is 0 Å². The molecule has 0 fully saturated rings. The highest BCUT2D eigenvalue weighted by atomic mass is 79.9. The van der Waals surface area contributed by atoms with E-state index in [0.717, 1.165) is 22.2 Å². The van der Waals surface area contributed by atoms with Gasteiger partial charge in [-0.25, -0.2) is 8.78 Å². The largest absolute Gasteiger partial charge is 0.294 e. The maximum atomic E-state index is 13.5. The number of aryl methyl sites for hydroxylation is 1. The van der Waals surface area contributed by atoms with E-state index in [1.807, 2.05) is 19.1 Å². The summed E-state index contributed by atoms with van der Waals surface area (Å²) in [4.78, 5) is 12.1. The van der Waals surface area contributed by atoms with Crippen LogP contribution in [0.15, 0.2) is 40.9 Å². The van der Waals surface area contributed by atoms with Crippen molar-refractivity contribution in [3.05, 3.63) is 69.2 Å². The topological polar surface area (TPSA) is 17.1 Å². The van der Waals surface area contributed by atoms with Gasteiger partial charge in [0.15, 0.2) is 5.78 Å². The van der Waals surface area contributed by atoms with Gasteiger partial charge in [-0.15, -0.1) is 0 Å². The lowest BCUT2D eigenvalue weighted by atomic mass is 9.99. The first-order chi connectivity index (χ1) is 8.97. The first-order valence-corrected chi connectivity index (χ1v) is 6.50. The lowest BCUT2D eigenvalue weighted by Crippen LogP contribution is -2.07. The number of carbonyl (C=O) groups is 1. The van der Waals surface area contributed by atoms with Gasteiger partial charge in [-0.05, 0) is 36.2 Å². The van der Waals surface area contributed by atoms with Gasteiger partial charge in [0.1, 0.15) is 11.6 Å². The Balaban J connectivity index is 2.28. The van der Waals surface area contributed by atoms with Crippen LogP contribution in [0.25, 0.3) is 0 Å². The number of ketones is 1. The molecule has 0 aromatic heterocycles. The zero-order chi connectivity index (χ0) is 14.0. The van der Waals surface area contributed by atoms with E-state index in [9.17, 15) is 13.6 Å². The zero-order valence-electron chi connectivity index (χ0n) is 10.2. The molecule has 0 N–H and O–H groups in total. The molecule has 98 valence electrons. The minimum absolute atomic E-state index is 0.0800. The molecule has 19 heavy (non-hydrogen) atoms. The predicted molar refractivity (Wildman–Crippen MR) is 73.3 cm³/mol. The molecule has 0 bridgehead atoms. The van der Waals surface area contributed by atoms with Crippen LogP contribution in [0.5, 0.6) is 0 Å².